The fourth-order valence-electron chi connectivity index (χ4n) is 1.56. The molecule has 0 spiro atoms. The number of carboxylic acids is 1. The molecule has 0 atom stereocenters. The van der Waals surface area contributed by atoms with Crippen LogP contribution in [0.3, 0.4) is 0 Å². The van der Waals surface area contributed by atoms with Crippen LogP contribution in [0.15, 0.2) is 24.3 Å². The Kier molecular flexibility index (Phi) is 6.73. The van der Waals surface area contributed by atoms with E-state index in [-0.39, 0.29) is 18.8 Å². The molecule has 0 aliphatic carbocycles. The molecule has 114 valence electrons. The van der Waals surface area contributed by atoms with Gasteiger partial charge in [0.25, 0.3) is 0 Å². The Labute approximate surface area is 122 Å². The SMILES string of the molecule is COC(=O)Cc1ccc(NC(=O)NCCCC(=O)O)cc1. The molecule has 0 bridgehead atoms. The van der Waals surface area contributed by atoms with Crippen LogP contribution >= 0.6 is 0 Å². The number of rotatable bonds is 7. The van der Waals surface area contributed by atoms with E-state index in [2.05, 4.69) is 15.4 Å². The third kappa shape index (κ3) is 6.95. The normalized spacial score (nSPS) is 9.76. The molecular formula is C14H18N2O5. The summed E-state index contributed by atoms with van der Waals surface area (Å²) in [4.78, 5) is 32.9. The molecule has 0 aliphatic rings. The third-order valence-corrected chi connectivity index (χ3v) is 2.64. The first-order chi connectivity index (χ1) is 10.0. The average Bonchev–Trinajstić information content (AvgIpc) is 2.45. The molecule has 0 unspecified atom stereocenters. The maximum atomic E-state index is 11.5. The predicted molar refractivity (Wildman–Crippen MR) is 76.1 cm³/mol. The van der Waals surface area contributed by atoms with Crippen molar-refractivity contribution in [2.24, 2.45) is 0 Å². The number of amides is 2. The first-order valence-electron chi connectivity index (χ1n) is 6.43. The summed E-state index contributed by atoms with van der Waals surface area (Å²) < 4.78 is 4.56. The van der Waals surface area contributed by atoms with Gasteiger partial charge in [0, 0.05) is 18.7 Å². The van der Waals surface area contributed by atoms with Crippen molar-refractivity contribution in [1.82, 2.24) is 5.32 Å². The zero-order valence-electron chi connectivity index (χ0n) is 11.7. The molecule has 1 rings (SSSR count). The Morgan fingerprint density at radius 2 is 1.86 bits per heavy atom. The molecule has 0 saturated heterocycles. The summed E-state index contributed by atoms with van der Waals surface area (Å²) in [5, 5.41) is 13.6. The number of urea groups is 1. The summed E-state index contributed by atoms with van der Waals surface area (Å²) >= 11 is 0. The second-order valence-electron chi connectivity index (χ2n) is 4.33. The zero-order chi connectivity index (χ0) is 15.7. The van der Waals surface area contributed by atoms with Crippen molar-refractivity contribution >= 4 is 23.7 Å². The van der Waals surface area contributed by atoms with Crippen LogP contribution < -0.4 is 10.6 Å². The molecule has 0 saturated carbocycles. The van der Waals surface area contributed by atoms with Crippen LogP contribution in [0.25, 0.3) is 0 Å². The molecule has 0 aromatic heterocycles. The fourth-order valence-corrected chi connectivity index (χ4v) is 1.56. The van der Waals surface area contributed by atoms with Crippen molar-refractivity contribution < 1.29 is 24.2 Å². The summed E-state index contributed by atoms with van der Waals surface area (Å²) in [6, 6.07) is 6.39. The second kappa shape index (κ2) is 8.57. The highest BCUT2D eigenvalue weighted by Gasteiger charge is 2.05. The number of aliphatic carboxylic acids is 1. The number of hydrogen-bond acceptors (Lipinski definition) is 4. The first kappa shape index (κ1) is 16.5. The number of carbonyl (C=O) groups excluding carboxylic acids is 2. The number of benzene rings is 1. The van der Waals surface area contributed by atoms with Crippen LogP contribution in [0, 0.1) is 0 Å². The summed E-state index contributed by atoms with van der Waals surface area (Å²) in [7, 11) is 1.33. The highest BCUT2D eigenvalue weighted by atomic mass is 16.5. The van der Waals surface area contributed by atoms with E-state index < -0.39 is 12.0 Å². The van der Waals surface area contributed by atoms with Crippen LogP contribution in [0.5, 0.6) is 0 Å². The van der Waals surface area contributed by atoms with E-state index in [4.69, 9.17) is 5.11 Å². The molecule has 0 aliphatic heterocycles. The van der Waals surface area contributed by atoms with Crippen LogP contribution in [-0.4, -0.2) is 36.7 Å². The standard InChI is InChI=1S/C14H18N2O5/c1-21-13(19)9-10-4-6-11(7-5-10)16-14(20)15-8-2-3-12(17)18/h4-7H,2-3,8-9H2,1H3,(H,17,18)(H2,15,16,20). The Balaban J connectivity index is 2.35. The van der Waals surface area contributed by atoms with E-state index in [1.54, 1.807) is 24.3 Å². The van der Waals surface area contributed by atoms with Gasteiger partial charge < -0.3 is 20.5 Å². The Morgan fingerprint density at radius 1 is 1.19 bits per heavy atom. The van der Waals surface area contributed by atoms with E-state index >= 15 is 0 Å². The number of methoxy groups -OCH3 is 1. The first-order valence-corrected chi connectivity index (χ1v) is 6.43. The van der Waals surface area contributed by atoms with E-state index in [1.165, 1.54) is 7.11 Å². The molecule has 2 amide bonds. The molecule has 3 N–H and O–H groups in total. The lowest BCUT2D eigenvalue weighted by atomic mass is 10.1. The maximum Gasteiger partial charge on any atom is 0.319 e. The van der Waals surface area contributed by atoms with Gasteiger partial charge in [0.2, 0.25) is 0 Å². The zero-order valence-corrected chi connectivity index (χ0v) is 11.7. The number of esters is 1. The Hall–Kier alpha value is -2.57. The van der Waals surface area contributed by atoms with Crippen LogP contribution in [0.2, 0.25) is 0 Å². The second-order valence-corrected chi connectivity index (χ2v) is 4.33. The van der Waals surface area contributed by atoms with Gasteiger partial charge in [-0.25, -0.2) is 4.79 Å². The van der Waals surface area contributed by atoms with E-state index in [1.807, 2.05) is 0 Å². The van der Waals surface area contributed by atoms with Gasteiger partial charge in [0.05, 0.1) is 13.5 Å². The molecule has 0 heterocycles. The lowest BCUT2D eigenvalue weighted by Crippen LogP contribution is -2.29. The summed E-state index contributed by atoms with van der Waals surface area (Å²) in [6.45, 7) is 0.290. The maximum absolute atomic E-state index is 11.5. The number of carbonyl (C=O) groups is 3. The van der Waals surface area contributed by atoms with Crippen molar-refractivity contribution in [3.63, 3.8) is 0 Å². The molecule has 7 heteroatoms. The number of anilines is 1. The smallest absolute Gasteiger partial charge is 0.319 e. The van der Waals surface area contributed by atoms with E-state index in [9.17, 15) is 14.4 Å². The van der Waals surface area contributed by atoms with Gasteiger partial charge in [-0.2, -0.15) is 0 Å². The minimum absolute atomic E-state index is 0.0164. The largest absolute Gasteiger partial charge is 0.481 e. The van der Waals surface area contributed by atoms with Crippen molar-refractivity contribution in [2.45, 2.75) is 19.3 Å². The molecule has 1 aromatic carbocycles. The van der Waals surface area contributed by atoms with Gasteiger partial charge in [-0.1, -0.05) is 12.1 Å². The fraction of sp³-hybridized carbons (Fsp3) is 0.357. The summed E-state index contributed by atoms with van der Waals surface area (Å²) in [5.41, 5.74) is 1.37. The van der Waals surface area contributed by atoms with Crippen molar-refractivity contribution in [1.29, 1.82) is 0 Å². The van der Waals surface area contributed by atoms with Gasteiger partial charge in [-0.15, -0.1) is 0 Å². The van der Waals surface area contributed by atoms with E-state index in [0.29, 0.717) is 18.7 Å². The van der Waals surface area contributed by atoms with Gasteiger partial charge in [0.1, 0.15) is 0 Å². The quantitative estimate of drug-likeness (QED) is 0.520. The lowest BCUT2D eigenvalue weighted by Gasteiger charge is -2.07. The average molecular weight is 294 g/mol. The molecule has 7 nitrogen and oxygen atoms in total. The minimum atomic E-state index is -0.890. The topological polar surface area (TPSA) is 105 Å². The van der Waals surface area contributed by atoms with Crippen LogP contribution in [0.1, 0.15) is 18.4 Å². The van der Waals surface area contributed by atoms with Gasteiger partial charge in [0.15, 0.2) is 0 Å². The van der Waals surface area contributed by atoms with Gasteiger partial charge in [-0.05, 0) is 24.1 Å². The molecule has 0 radical (unpaired) electrons. The molecule has 21 heavy (non-hydrogen) atoms. The summed E-state index contributed by atoms with van der Waals surface area (Å²) in [6.07, 6.45) is 0.571. The number of carboxylic acid groups (broad SMARTS) is 1. The highest BCUT2D eigenvalue weighted by molar-refractivity contribution is 5.89. The number of ether oxygens (including phenoxy) is 1. The minimum Gasteiger partial charge on any atom is -0.481 e. The Bertz CT molecular complexity index is 499. The number of nitrogens with one attached hydrogen (secondary N) is 2. The van der Waals surface area contributed by atoms with Gasteiger partial charge >= 0.3 is 18.0 Å². The third-order valence-electron chi connectivity index (χ3n) is 2.64. The van der Waals surface area contributed by atoms with Crippen LogP contribution in [0.4, 0.5) is 10.5 Å². The Morgan fingerprint density at radius 3 is 2.43 bits per heavy atom. The molecule has 1 aromatic rings. The molecular weight excluding hydrogens is 276 g/mol. The van der Waals surface area contributed by atoms with Crippen molar-refractivity contribution in [2.75, 3.05) is 19.0 Å². The van der Waals surface area contributed by atoms with Gasteiger partial charge in [-0.3, -0.25) is 9.59 Å². The number of hydrogen-bond donors (Lipinski definition) is 3. The summed E-state index contributed by atoms with van der Waals surface area (Å²) in [5.74, 6) is -1.22. The monoisotopic (exact) mass is 294 g/mol. The van der Waals surface area contributed by atoms with Crippen LogP contribution in [-0.2, 0) is 20.7 Å². The lowest BCUT2D eigenvalue weighted by molar-refractivity contribution is -0.140. The highest BCUT2D eigenvalue weighted by Crippen LogP contribution is 2.10. The predicted octanol–water partition coefficient (Wildman–Crippen LogP) is 1.39. The van der Waals surface area contributed by atoms with Crippen molar-refractivity contribution in [3.8, 4) is 0 Å². The van der Waals surface area contributed by atoms with Crippen molar-refractivity contribution in [3.05, 3.63) is 29.8 Å². The van der Waals surface area contributed by atoms with E-state index in [0.717, 1.165) is 5.56 Å². The molecule has 0 fully saturated rings.